The van der Waals surface area contributed by atoms with E-state index in [9.17, 15) is 23.2 Å². The highest BCUT2D eigenvalue weighted by Crippen LogP contribution is 2.39. The van der Waals surface area contributed by atoms with Gasteiger partial charge in [-0.2, -0.15) is 33.6 Å². The van der Waals surface area contributed by atoms with Crippen molar-refractivity contribution in [3.63, 3.8) is 0 Å². The van der Waals surface area contributed by atoms with E-state index < -0.39 is 17.3 Å². The fraction of sp³-hybridized carbons (Fsp3) is 0.481. The zero-order valence-corrected chi connectivity index (χ0v) is 24.0. The molecular weight excluding hydrogens is 581 g/mol. The third-order valence-corrected chi connectivity index (χ3v) is 7.98. The minimum Gasteiger partial charge on any atom is -0.383 e. The van der Waals surface area contributed by atoms with Crippen LogP contribution in [-0.4, -0.2) is 109 Å². The number of rotatable bonds is 10. The van der Waals surface area contributed by atoms with E-state index in [0.717, 1.165) is 32.0 Å². The zero-order chi connectivity index (χ0) is 30.9. The van der Waals surface area contributed by atoms with E-state index in [0.29, 0.717) is 42.7 Å². The summed E-state index contributed by atoms with van der Waals surface area (Å²) in [5.41, 5.74) is 0.108. The molecule has 4 aromatic rings. The topological polar surface area (TPSA) is 138 Å². The van der Waals surface area contributed by atoms with Gasteiger partial charge in [-0.05, 0) is 12.1 Å². The van der Waals surface area contributed by atoms with Gasteiger partial charge in [-0.25, -0.2) is 4.52 Å². The maximum absolute atomic E-state index is 13.2. The summed E-state index contributed by atoms with van der Waals surface area (Å²) >= 11 is 0. The van der Waals surface area contributed by atoms with Crippen molar-refractivity contribution in [3.05, 3.63) is 48.7 Å². The third-order valence-electron chi connectivity index (χ3n) is 7.98. The molecule has 0 saturated carbocycles. The fourth-order valence-corrected chi connectivity index (χ4v) is 5.56. The molecule has 44 heavy (non-hydrogen) atoms. The van der Waals surface area contributed by atoms with Gasteiger partial charge in [0.25, 0.3) is 0 Å². The lowest BCUT2D eigenvalue weighted by Gasteiger charge is -2.50. The van der Waals surface area contributed by atoms with Gasteiger partial charge in [-0.1, -0.05) is 0 Å². The Balaban J connectivity index is 1.10. The SMILES string of the molecule is COCCN1CCN(C(=O)Cn2cc(Nc3nc4c(N5CC(CC#N)(n6cc(C(F)(F)F)cn6)C5)cccn4n3)cn2)CC1. The number of amides is 1. The predicted molar refractivity (Wildman–Crippen MR) is 151 cm³/mol. The van der Waals surface area contributed by atoms with E-state index in [1.54, 1.807) is 41.0 Å². The molecule has 6 heterocycles. The summed E-state index contributed by atoms with van der Waals surface area (Å²) in [7, 11) is 1.68. The summed E-state index contributed by atoms with van der Waals surface area (Å²) in [6.45, 7) is 5.12. The average Bonchev–Trinajstić information content (AvgIpc) is 3.74. The number of methoxy groups -OCH3 is 1. The number of fused-ring (bicyclic) bond motifs is 1. The Morgan fingerprint density at radius 2 is 1.95 bits per heavy atom. The van der Waals surface area contributed by atoms with Gasteiger partial charge < -0.3 is 19.9 Å². The highest BCUT2D eigenvalue weighted by atomic mass is 19.4. The molecule has 2 aliphatic heterocycles. The summed E-state index contributed by atoms with van der Waals surface area (Å²) in [5.74, 6) is 0.300. The molecule has 0 aliphatic carbocycles. The van der Waals surface area contributed by atoms with Gasteiger partial charge >= 0.3 is 6.18 Å². The van der Waals surface area contributed by atoms with Crippen LogP contribution >= 0.6 is 0 Å². The normalized spacial score (nSPS) is 17.1. The number of hydrogen-bond acceptors (Lipinski definition) is 10. The Bertz CT molecular complexity index is 1660. The van der Waals surface area contributed by atoms with Crippen LogP contribution in [0, 0.1) is 11.3 Å². The highest BCUT2D eigenvalue weighted by molar-refractivity contribution is 5.76. The lowest BCUT2D eigenvalue weighted by atomic mass is 9.86. The van der Waals surface area contributed by atoms with Crippen molar-refractivity contribution in [1.82, 2.24) is 44.0 Å². The lowest BCUT2D eigenvalue weighted by molar-refractivity contribution is -0.137. The number of carbonyl (C=O) groups excluding carboxylic acids is 1. The molecule has 1 amide bonds. The molecule has 0 atom stereocenters. The van der Waals surface area contributed by atoms with Gasteiger partial charge in [0, 0.05) is 71.5 Å². The van der Waals surface area contributed by atoms with Gasteiger partial charge in [-0.3, -0.25) is 19.1 Å². The molecule has 0 aromatic carbocycles. The monoisotopic (exact) mass is 612 g/mol. The number of hydrogen-bond donors (Lipinski definition) is 1. The van der Waals surface area contributed by atoms with Crippen molar-refractivity contribution in [2.45, 2.75) is 24.7 Å². The van der Waals surface area contributed by atoms with Crippen LogP contribution in [0.25, 0.3) is 5.65 Å². The van der Waals surface area contributed by atoms with E-state index >= 15 is 0 Å². The first-order valence-corrected chi connectivity index (χ1v) is 14.1. The zero-order valence-electron chi connectivity index (χ0n) is 24.0. The number of alkyl halides is 3. The van der Waals surface area contributed by atoms with Crippen LogP contribution in [0.4, 0.5) is 30.5 Å². The number of pyridine rings is 1. The number of aromatic nitrogens is 7. The molecule has 232 valence electrons. The molecule has 0 radical (unpaired) electrons. The maximum Gasteiger partial charge on any atom is 0.419 e. The van der Waals surface area contributed by atoms with Crippen molar-refractivity contribution < 1.29 is 22.7 Å². The van der Waals surface area contributed by atoms with Crippen molar-refractivity contribution in [2.24, 2.45) is 0 Å². The van der Waals surface area contributed by atoms with Crippen molar-refractivity contribution in [1.29, 1.82) is 5.26 Å². The number of nitrogens with zero attached hydrogens (tertiary/aromatic N) is 11. The Hall–Kier alpha value is -4.69. The molecule has 0 spiro atoms. The number of ether oxygens (including phenoxy) is 1. The quantitative estimate of drug-likeness (QED) is 0.282. The van der Waals surface area contributed by atoms with Gasteiger partial charge in [0.1, 0.15) is 12.1 Å². The smallest absolute Gasteiger partial charge is 0.383 e. The van der Waals surface area contributed by atoms with E-state index in [-0.39, 0.29) is 32.0 Å². The summed E-state index contributed by atoms with van der Waals surface area (Å²) in [4.78, 5) is 23.5. The molecule has 17 heteroatoms. The summed E-state index contributed by atoms with van der Waals surface area (Å²) in [5, 5.41) is 25.3. The van der Waals surface area contributed by atoms with Crippen LogP contribution in [-0.2, 0) is 27.8 Å². The Morgan fingerprint density at radius 1 is 1.16 bits per heavy atom. The van der Waals surface area contributed by atoms with Crippen molar-refractivity contribution in [2.75, 3.05) is 69.7 Å². The molecular formula is C27H31F3N12O2. The molecule has 4 aromatic heterocycles. The van der Waals surface area contributed by atoms with Crippen LogP contribution in [0.1, 0.15) is 12.0 Å². The summed E-state index contributed by atoms with van der Waals surface area (Å²) < 4.78 is 49.1. The van der Waals surface area contributed by atoms with Crippen LogP contribution in [0.2, 0.25) is 0 Å². The summed E-state index contributed by atoms with van der Waals surface area (Å²) in [6.07, 6.45) is 2.26. The van der Waals surface area contributed by atoms with Gasteiger partial charge in [-0.15, -0.1) is 5.10 Å². The van der Waals surface area contributed by atoms with Gasteiger partial charge in [0.2, 0.25) is 11.9 Å². The van der Waals surface area contributed by atoms with Crippen LogP contribution in [0.15, 0.2) is 43.1 Å². The van der Waals surface area contributed by atoms with Gasteiger partial charge in [0.15, 0.2) is 5.65 Å². The van der Waals surface area contributed by atoms with E-state index in [1.807, 2.05) is 15.9 Å². The average molecular weight is 613 g/mol. The number of nitrogens with one attached hydrogen (secondary N) is 1. The molecule has 2 fully saturated rings. The highest BCUT2D eigenvalue weighted by Gasteiger charge is 2.47. The first-order valence-electron chi connectivity index (χ1n) is 14.1. The van der Waals surface area contributed by atoms with Crippen molar-refractivity contribution in [3.8, 4) is 6.07 Å². The van der Waals surface area contributed by atoms with E-state index in [4.69, 9.17) is 4.74 Å². The minimum atomic E-state index is -4.52. The standard InChI is InChI=1S/C27H31F3N12O2/c1-44-12-11-37-7-9-38(10-8-37)23(43)17-40-16-21(14-32-40)34-25-35-24-22(3-2-6-41(24)36-25)39-18-26(19-39,4-5-31)42-15-20(13-33-42)27(28,29)30/h2-3,6,13-16H,4,7-12,17-19H2,1H3,(H,34,36). The molecule has 14 nitrogen and oxygen atoms in total. The molecule has 2 saturated heterocycles. The second kappa shape index (κ2) is 11.8. The number of piperazine rings is 1. The Kier molecular flexibility index (Phi) is 7.86. The molecule has 0 unspecified atom stereocenters. The molecule has 6 rings (SSSR count). The van der Waals surface area contributed by atoms with E-state index in [2.05, 4.69) is 36.6 Å². The molecule has 0 bridgehead atoms. The van der Waals surface area contributed by atoms with Crippen LogP contribution in [0.5, 0.6) is 0 Å². The first-order chi connectivity index (χ1) is 21.2. The third kappa shape index (κ3) is 5.90. The number of anilines is 3. The Labute approximate surface area is 250 Å². The van der Waals surface area contributed by atoms with Gasteiger partial charge in [0.05, 0.1) is 48.4 Å². The first kappa shape index (κ1) is 29.4. The predicted octanol–water partition coefficient (Wildman–Crippen LogP) is 1.80. The lowest BCUT2D eigenvalue weighted by Crippen LogP contribution is -2.63. The maximum atomic E-state index is 13.2. The summed E-state index contributed by atoms with van der Waals surface area (Å²) in [6, 6.07) is 5.72. The second-order valence-corrected chi connectivity index (χ2v) is 11.0. The molecule has 1 N–H and O–H groups in total. The number of carbonyl (C=O) groups is 1. The second-order valence-electron chi connectivity index (χ2n) is 11.0. The fourth-order valence-electron chi connectivity index (χ4n) is 5.56. The van der Waals surface area contributed by atoms with Crippen molar-refractivity contribution >= 4 is 28.9 Å². The minimum absolute atomic E-state index is 0.00216. The van der Waals surface area contributed by atoms with E-state index in [1.165, 1.54) is 4.68 Å². The Morgan fingerprint density at radius 3 is 2.66 bits per heavy atom. The van der Waals surface area contributed by atoms with Crippen LogP contribution < -0.4 is 10.2 Å². The van der Waals surface area contributed by atoms with Crippen LogP contribution in [0.3, 0.4) is 0 Å². The number of halogens is 3. The molecule has 2 aliphatic rings. The largest absolute Gasteiger partial charge is 0.419 e. The number of nitriles is 1.